The lowest BCUT2D eigenvalue weighted by Gasteiger charge is -2.22. The molecule has 1 N–H and O–H groups in total. The number of nitrogens with one attached hydrogen (secondary N) is 1. The zero-order valence-corrected chi connectivity index (χ0v) is 11.5. The van der Waals surface area contributed by atoms with Crippen molar-refractivity contribution in [3.05, 3.63) is 0 Å². The van der Waals surface area contributed by atoms with Crippen LogP contribution in [0.4, 0.5) is 4.79 Å². The van der Waals surface area contributed by atoms with Crippen molar-refractivity contribution in [1.29, 1.82) is 0 Å². The highest BCUT2D eigenvalue weighted by atomic mass is 32.1. The van der Waals surface area contributed by atoms with E-state index in [0.717, 1.165) is 12.3 Å². The molecule has 0 bridgehead atoms. The average Bonchev–Trinajstić information content (AvgIpc) is 2.91. The number of ether oxygens (including phenoxy) is 1. The lowest BCUT2D eigenvalue weighted by Crippen LogP contribution is -2.42. The molecule has 0 spiro atoms. The molecule has 1 atom stereocenters. The van der Waals surface area contributed by atoms with Crippen LogP contribution >= 0.6 is 12.6 Å². The lowest BCUT2D eigenvalue weighted by atomic mass is 10.1. The average molecular weight is 259 g/mol. The Labute approximate surface area is 108 Å². The molecule has 5 heteroatoms. The topological polar surface area (TPSA) is 55.4 Å². The fourth-order valence-corrected chi connectivity index (χ4v) is 1.71. The molecule has 0 aliphatic heterocycles. The molecule has 0 aromatic rings. The summed E-state index contributed by atoms with van der Waals surface area (Å²) in [5, 5.41) is 2.26. The smallest absolute Gasteiger partial charge is 0.408 e. The van der Waals surface area contributed by atoms with Crippen LogP contribution < -0.4 is 5.32 Å². The molecule has 0 aromatic carbocycles. The number of rotatable bonds is 5. The fourth-order valence-electron chi connectivity index (χ4n) is 1.52. The molecule has 1 amide bonds. The van der Waals surface area contributed by atoms with Gasteiger partial charge in [-0.25, -0.2) is 4.79 Å². The summed E-state index contributed by atoms with van der Waals surface area (Å²) >= 11 is 3.79. The van der Waals surface area contributed by atoms with Crippen molar-refractivity contribution >= 4 is 23.8 Å². The standard InChI is InChI=1S/C12H21NO3S/c1-12(2,3)16-11(15)13-9(10(14)17)7-6-8-4-5-8/h8-9H,4-7H2,1-3H3,(H,13,15)(H,14,17). The Morgan fingerprint density at radius 3 is 2.41 bits per heavy atom. The molecule has 1 aliphatic rings. The van der Waals surface area contributed by atoms with Crippen molar-refractivity contribution < 1.29 is 14.3 Å². The molecule has 1 saturated carbocycles. The van der Waals surface area contributed by atoms with Crippen molar-refractivity contribution in [3.63, 3.8) is 0 Å². The minimum absolute atomic E-state index is 0.309. The second kappa shape index (κ2) is 5.76. The number of alkyl carbamates (subject to hydrolysis) is 1. The van der Waals surface area contributed by atoms with Crippen molar-refractivity contribution in [1.82, 2.24) is 5.32 Å². The van der Waals surface area contributed by atoms with Gasteiger partial charge in [0.05, 0.1) is 0 Å². The predicted molar refractivity (Wildman–Crippen MR) is 69.1 cm³/mol. The molecular formula is C12H21NO3S. The van der Waals surface area contributed by atoms with Crippen LogP contribution in [0, 0.1) is 5.92 Å². The second-order valence-electron chi connectivity index (χ2n) is 5.56. The summed E-state index contributed by atoms with van der Waals surface area (Å²) in [6.07, 6.45) is 3.53. The van der Waals surface area contributed by atoms with Crippen LogP contribution in [0.25, 0.3) is 0 Å². The van der Waals surface area contributed by atoms with Gasteiger partial charge in [-0.3, -0.25) is 4.79 Å². The number of thiol groups is 1. The van der Waals surface area contributed by atoms with E-state index in [-0.39, 0.29) is 5.12 Å². The Bertz CT molecular complexity index is 295. The number of hydrogen-bond donors (Lipinski definition) is 2. The molecule has 0 saturated heterocycles. The second-order valence-corrected chi connectivity index (χ2v) is 6.00. The van der Waals surface area contributed by atoms with Gasteiger partial charge in [0.25, 0.3) is 0 Å². The highest BCUT2D eigenvalue weighted by molar-refractivity contribution is 7.96. The summed E-state index contributed by atoms with van der Waals surface area (Å²) in [5.74, 6) is 0.727. The first-order valence-electron chi connectivity index (χ1n) is 6.00. The van der Waals surface area contributed by atoms with E-state index in [0.29, 0.717) is 6.42 Å². The summed E-state index contributed by atoms with van der Waals surface area (Å²) in [7, 11) is 0. The Balaban J connectivity index is 2.36. The van der Waals surface area contributed by atoms with Gasteiger partial charge in [0.2, 0.25) is 5.12 Å². The number of amides is 1. The van der Waals surface area contributed by atoms with Crippen LogP contribution in [0.5, 0.6) is 0 Å². The van der Waals surface area contributed by atoms with Gasteiger partial charge in [-0.05, 0) is 39.5 Å². The Morgan fingerprint density at radius 2 is 2.00 bits per heavy atom. The van der Waals surface area contributed by atoms with E-state index < -0.39 is 17.7 Å². The van der Waals surface area contributed by atoms with E-state index in [9.17, 15) is 9.59 Å². The summed E-state index contributed by atoms with van der Waals surface area (Å²) in [4.78, 5) is 22.8. The fraction of sp³-hybridized carbons (Fsp3) is 0.833. The maximum Gasteiger partial charge on any atom is 0.408 e. The number of carbonyl (C=O) groups excluding carboxylic acids is 2. The van der Waals surface area contributed by atoms with Gasteiger partial charge in [0, 0.05) is 0 Å². The maximum atomic E-state index is 11.5. The Hall–Kier alpha value is -0.710. The van der Waals surface area contributed by atoms with Crippen LogP contribution in [-0.2, 0) is 9.53 Å². The molecule has 4 nitrogen and oxygen atoms in total. The third-order valence-electron chi connectivity index (χ3n) is 2.55. The Morgan fingerprint density at radius 1 is 1.41 bits per heavy atom. The van der Waals surface area contributed by atoms with Gasteiger partial charge in [0.1, 0.15) is 11.6 Å². The summed E-state index contributed by atoms with van der Waals surface area (Å²) < 4.78 is 5.10. The molecule has 1 aliphatic carbocycles. The number of carbonyl (C=O) groups is 2. The quantitative estimate of drug-likeness (QED) is 0.746. The number of hydrogen-bond acceptors (Lipinski definition) is 3. The first-order chi connectivity index (χ1) is 7.78. The van der Waals surface area contributed by atoms with Crippen molar-refractivity contribution in [2.75, 3.05) is 0 Å². The van der Waals surface area contributed by atoms with Gasteiger partial charge in [0.15, 0.2) is 0 Å². The SMILES string of the molecule is CC(C)(C)OC(=O)NC(CCC1CC1)C(=O)S. The molecule has 0 radical (unpaired) electrons. The Kier molecular flexibility index (Phi) is 4.86. The summed E-state index contributed by atoms with van der Waals surface area (Å²) in [5.41, 5.74) is -0.551. The monoisotopic (exact) mass is 259 g/mol. The highest BCUT2D eigenvalue weighted by Crippen LogP contribution is 2.34. The van der Waals surface area contributed by atoms with E-state index in [1.807, 2.05) is 0 Å². The molecule has 1 fully saturated rings. The highest BCUT2D eigenvalue weighted by Gasteiger charge is 2.26. The third kappa shape index (κ3) is 6.56. The predicted octanol–water partition coefficient (Wildman–Crippen LogP) is 2.53. The zero-order chi connectivity index (χ0) is 13.1. The molecule has 0 aromatic heterocycles. The van der Waals surface area contributed by atoms with E-state index >= 15 is 0 Å². The maximum absolute atomic E-state index is 11.5. The minimum atomic E-state index is -0.555. The summed E-state index contributed by atoms with van der Waals surface area (Å²) in [6.45, 7) is 5.36. The van der Waals surface area contributed by atoms with Crippen molar-refractivity contribution in [2.45, 2.75) is 58.1 Å². The first-order valence-corrected chi connectivity index (χ1v) is 6.45. The first kappa shape index (κ1) is 14.4. The van der Waals surface area contributed by atoms with Crippen LogP contribution in [0.2, 0.25) is 0 Å². The molecule has 1 rings (SSSR count). The largest absolute Gasteiger partial charge is 0.444 e. The van der Waals surface area contributed by atoms with E-state index in [1.165, 1.54) is 12.8 Å². The molecule has 0 heterocycles. The molecule has 98 valence electrons. The molecular weight excluding hydrogens is 238 g/mol. The molecule has 1 unspecified atom stereocenters. The van der Waals surface area contributed by atoms with Gasteiger partial charge in [-0.2, -0.15) is 0 Å². The van der Waals surface area contributed by atoms with Crippen LogP contribution in [0.15, 0.2) is 0 Å². The van der Waals surface area contributed by atoms with E-state index in [2.05, 4.69) is 17.9 Å². The van der Waals surface area contributed by atoms with Crippen molar-refractivity contribution in [3.8, 4) is 0 Å². The summed E-state index contributed by atoms with van der Waals surface area (Å²) in [6, 6.07) is -0.534. The van der Waals surface area contributed by atoms with Gasteiger partial charge in [-0.15, -0.1) is 12.6 Å². The lowest BCUT2D eigenvalue weighted by molar-refractivity contribution is -0.112. The normalized spacial score (nSPS) is 17.4. The van der Waals surface area contributed by atoms with Crippen LogP contribution in [0.3, 0.4) is 0 Å². The van der Waals surface area contributed by atoms with Crippen LogP contribution in [-0.4, -0.2) is 22.9 Å². The van der Waals surface area contributed by atoms with Crippen molar-refractivity contribution in [2.24, 2.45) is 5.92 Å². The van der Waals surface area contributed by atoms with Gasteiger partial charge >= 0.3 is 6.09 Å². The molecule has 17 heavy (non-hydrogen) atoms. The van der Waals surface area contributed by atoms with Gasteiger partial charge < -0.3 is 10.1 Å². The van der Waals surface area contributed by atoms with E-state index in [1.54, 1.807) is 20.8 Å². The van der Waals surface area contributed by atoms with Gasteiger partial charge in [-0.1, -0.05) is 12.8 Å². The minimum Gasteiger partial charge on any atom is -0.444 e. The van der Waals surface area contributed by atoms with Crippen LogP contribution in [0.1, 0.15) is 46.5 Å². The third-order valence-corrected chi connectivity index (χ3v) is 2.86. The zero-order valence-electron chi connectivity index (χ0n) is 10.7. The van der Waals surface area contributed by atoms with E-state index in [4.69, 9.17) is 4.74 Å².